The largest absolute Gasteiger partial charge is 0.474 e. The molecule has 21 heavy (non-hydrogen) atoms. The van der Waals surface area contributed by atoms with Crippen LogP contribution >= 0.6 is 12.2 Å². The van der Waals surface area contributed by atoms with Crippen LogP contribution < -0.4 is 10.5 Å². The summed E-state index contributed by atoms with van der Waals surface area (Å²) in [6.45, 7) is 5.96. The van der Waals surface area contributed by atoms with Gasteiger partial charge in [0.1, 0.15) is 11.6 Å². The summed E-state index contributed by atoms with van der Waals surface area (Å²) in [5.74, 6) is 0.381. The molecule has 0 spiro atoms. The van der Waals surface area contributed by atoms with Gasteiger partial charge in [0.2, 0.25) is 5.88 Å². The van der Waals surface area contributed by atoms with Gasteiger partial charge in [-0.2, -0.15) is 5.10 Å². The molecule has 0 aliphatic rings. The van der Waals surface area contributed by atoms with Crippen LogP contribution in [0.15, 0.2) is 0 Å². The predicted octanol–water partition coefficient (Wildman–Crippen LogP) is 1.28. The van der Waals surface area contributed by atoms with Gasteiger partial charge in [-0.3, -0.25) is 0 Å². The van der Waals surface area contributed by atoms with Gasteiger partial charge < -0.3 is 19.9 Å². The lowest BCUT2D eigenvalue weighted by Gasteiger charge is -2.14. The average Bonchev–Trinajstić information content (AvgIpc) is 2.49. The Morgan fingerprint density at radius 2 is 1.81 bits per heavy atom. The summed E-state index contributed by atoms with van der Waals surface area (Å²) in [5.41, 5.74) is 8.43. The fourth-order valence-corrected chi connectivity index (χ4v) is 2.16. The first-order valence-corrected chi connectivity index (χ1v) is 7.44. The number of aryl methyl sites for hydroxylation is 1. The summed E-state index contributed by atoms with van der Waals surface area (Å²) < 4.78 is 15.8. The number of methoxy groups -OCH3 is 1. The quantitative estimate of drug-likeness (QED) is 0.515. The van der Waals surface area contributed by atoms with E-state index in [0.29, 0.717) is 37.9 Å². The van der Waals surface area contributed by atoms with Gasteiger partial charge in [-0.25, -0.2) is 0 Å². The molecule has 0 saturated heterocycles. The highest BCUT2D eigenvalue weighted by Crippen LogP contribution is 2.22. The Morgan fingerprint density at radius 3 is 2.38 bits per heavy atom. The number of rotatable bonds is 10. The zero-order chi connectivity index (χ0) is 15.7. The molecule has 0 aliphatic carbocycles. The van der Waals surface area contributed by atoms with Gasteiger partial charge in [0, 0.05) is 7.11 Å². The van der Waals surface area contributed by atoms with Crippen molar-refractivity contribution in [1.29, 1.82) is 0 Å². The van der Waals surface area contributed by atoms with Crippen molar-refractivity contribution >= 4 is 17.2 Å². The van der Waals surface area contributed by atoms with E-state index in [9.17, 15) is 0 Å². The van der Waals surface area contributed by atoms with Gasteiger partial charge >= 0.3 is 0 Å². The predicted molar refractivity (Wildman–Crippen MR) is 84.9 cm³/mol. The standard InChI is InChI=1S/C14H23N3O3S/c1-4-10-11(5-2)16-17-14(12(10)13(15)21)20-9-8-19-7-6-18-3/h4-9H2,1-3H3,(H2,15,21). The molecule has 2 N–H and O–H groups in total. The summed E-state index contributed by atoms with van der Waals surface area (Å²) in [6, 6.07) is 0. The molecular formula is C14H23N3O3S. The van der Waals surface area contributed by atoms with Crippen molar-refractivity contribution in [2.45, 2.75) is 26.7 Å². The summed E-state index contributed by atoms with van der Waals surface area (Å²) >= 11 is 5.13. The minimum Gasteiger partial charge on any atom is -0.474 e. The van der Waals surface area contributed by atoms with Gasteiger partial charge in [-0.1, -0.05) is 26.1 Å². The number of hydrogen-bond donors (Lipinski definition) is 1. The van der Waals surface area contributed by atoms with Crippen LogP contribution in [-0.2, 0) is 22.3 Å². The molecule has 1 heterocycles. The van der Waals surface area contributed by atoms with Crippen LogP contribution in [-0.4, -0.2) is 48.7 Å². The molecule has 0 radical (unpaired) electrons. The van der Waals surface area contributed by atoms with Gasteiger partial charge in [-0.05, 0) is 18.4 Å². The molecule has 7 heteroatoms. The van der Waals surface area contributed by atoms with Crippen LogP contribution in [0.25, 0.3) is 0 Å². The Hall–Kier alpha value is -1.31. The smallest absolute Gasteiger partial charge is 0.244 e. The molecule has 0 bridgehead atoms. The minimum absolute atomic E-state index is 0.284. The number of thiocarbonyl (C=S) groups is 1. The van der Waals surface area contributed by atoms with Crippen molar-refractivity contribution in [2.24, 2.45) is 5.73 Å². The Morgan fingerprint density at radius 1 is 1.10 bits per heavy atom. The molecule has 0 atom stereocenters. The highest BCUT2D eigenvalue weighted by atomic mass is 32.1. The number of nitrogens with two attached hydrogens (primary N) is 1. The van der Waals surface area contributed by atoms with E-state index in [1.54, 1.807) is 7.11 Å². The minimum atomic E-state index is 0.284. The molecule has 0 aliphatic heterocycles. The molecule has 0 saturated carbocycles. The van der Waals surface area contributed by atoms with Crippen LogP contribution in [0.4, 0.5) is 0 Å². The van der Waals surface area contributed by atoms with Crippen molar-refractivity contribution in [1.82, 2.24) is 10.2 Å². The SMILES string of the molecule is CCc1nnc(OCCOCCOC)c(C(N)=S)c1CC. The third kappa shape index (κ3) is 5.18. The summed E-state index contributed by atoms with van der Waals surface area (Å²) in [6.07, 6.45) is 1.57. The molecule has 0 amide bonds. The second kappa shape index (κ2) is 9.59. The fraction of sp³-hybridized carbons (Fsp3) is 0.643. The van der Waals surface area contributed by atoms with Crippen molar-refractivity contribution in [2.75, 3.05) is 33.5 Å². The first-order chi connectivity index (χ1) is 10.2. The number of ether oxygens (including phenoxy) is 3. The van der Waals surface area contributed by atoms with Gasteiger partial charge in [-0.15, -0.1) is 5.10 Å². The first kappa shape index (κ1) is 17.7. The average molecular weight is 313 g/mol. The summed E-state index contributed by atoms with van der Waals surface area (Å²) in [7, 11) is 1.63. The molecular weight excluding hydrogens is 290 g/mol. The third-order valence-electron chi connectivity index (χ3n) is 2.96. The fourth-order valence-electron chi connectivity index (χ4n) is 1.95. The molecule has 0 aromatic carbocycles. The first-order valence-electron chi connectivity index (χ1n) is 7.03. The Balaban J connectivity index is 2.75. The lowest BCUT2D eigenvalue weighted by Crippen LogP contribution is -2.19. The zero-order valence-electron chi connectivity index (χ0n) is 12.8. The maximum absolute atomic E-state index is 5.82. The van der Waals surface area contributed by atoms with E-state index in [-0.39, 0.29) is 4.99 Å². The van der Waals surface area contributed by atoms with Crippen molar-refractivity contribution in [3.63, 3.8) is 0 Å². The van der Waals surface area contributed by atoms with Gasteiger partial charge in [0.25, 0.3) is 0 Å². The molecule has 6 nitrogen and oxygen atoms in total. The molecule has 1 rings (SSSR count). The molecule has 0 fully saturated rings. The monoisotopic (exact) mass is 313 g/mol. The van der Waals surface area contributed by atoms with Crippen LogP contribution in [0.1, 0.15) is 30.7 Å². The maximum Gasteiger partial charge on any atom is 0.244 e. The van der Waals surface area contributed by atoms with E-state index in [1.165, 1.54) is 0 Å². The van der Waals surface area contributed by atoms with Crippen LogP contribution in [0.3, 0.4) is 0 Å². The van der Waals surface area contributed by atoms with Crippen molar-refractivity contribution < 1.29 is 14.2 Å². The third-order valence-corrected chi connectivity index (χ3v) is 3.16. The second-order valence-corrected chi connectivity index (χ2v) is 4.77. The van der Waals surface area contributed by atoms with Crippen molar-refractivity contribution in [3.05, 3.63) is 16.8 Å². The summed E-state index contributed by atoms with van der Waals surface area (Å²) in [4.78, 5) is 0.284. The number of aromatic nitrogens is 2. The van der Waals surface area contributed by atoms with Gasteiger partial charge in [0.15, 0.2) is 0 Å². The Labute approximate surface area is 131 Å². The van der Waals surface area contributed by atoms with Crippen LogP contribution in [0.5, 0.6) is 5.88 Å². The highest BCUT2D eigenvalue weighted by Gasteiger charge is 2.17. The molecule has 0 unspecified atom stereocenters. The second-order valence-electron chi connectivity index (χ2n) is 4.33. The lowest BCUT2D eigenvalue weighted by molar-refractivity contribution is 0.0534. The van der Waals surface area contributed by atoms with Crippen molar-refractivity contribution in [3.8, 4) is 5.88 Å². The van der Waals surface area contributed by atoms with Gasteiger partial charge in [0.05, 0.1) is 31.1 Å². The van der Waals surface area contributed by atoms with E-state index >= 15 is 0 Å². The maximum atomic E-state index is 5.82. The normalized spacial score (nSPS) is 10.6. The molecule has 118 valence electrons. The Kier molecular flexibility index (Phi) is 8.11. The highest BCUT2D eigenvalue weighted by molar-refractivity contribution is 7.80. The molecule has 1 aromatic rings. The number of nitrogens with zero attached hydrogens (tertiary/aromatic N) is 2. The topological polar surface area (TPSA) is 79.5 Å². The number of hydrogen-bond acceptors (Lipinski definition) is 6. The Bertz CT molecular complexity index is 469. The summed E-state index contributed by atoms with van der Waals surface area (Å²) in [5, 5.41) is 8.28. The zero-order valence-corrected chi connectivity index (χ0v) is 13.7. The molecule has 1 aromatic heterocycles. The van der Waals surface area contributed by atoms with Crippen LogP contribution in [0.2, 0.25) is 0 Å². The van der Waals surface area contributed by atoms with E-state index in [0.717, 1.165) is 24.1 Å². The van der Waals surface area contributed by atoms with Crippen LogP contribution in [0, 0.1) is 0 Å². The van der Waals surface area contributed by atoms with E-state index in [4.69, 9.17) is 32.2 Å². The van der Waals surface area contributed by atoms with E-state index in [2.05, 4.69) is 10.2 Å². The van der Waals surface area contributed by atoms with E-state index in [1.807, 2.05) is 13.8 Å². The lowest BCUT2D eigenvalue weighted by atomic mass is 10.0. The van der Waals surface area contributed by atoms with E-state index < -0.39 is 0 Å².